The van der Waals surface area contributed by atoms with Gasteiger partial charge in [-0.2, -0.15) is 8.78 Å². The summed E-state index contributed by atoms with van der Waals surface area (Å²) in [6.45, 7) is 6.47. The molecule has 0 radical (unpaired) electrons. The summed E-state index contributed by atoms with van der Waals surface area (Å²) in [4.78, 5) is 13.4. The molecule has 2 atom stereocenters. The van der Waals surface area contributed by atoms with Crippen molar-refractivity contribution in [3.63, 3.8) is 0 Å². The number of hydrogen-bond donors (Lipinski definition) is 3. The molecular weight excluding hydrogens is 316 g/mol. The Kier molecular flexibility index (Phi) is 5.25. The van der Waals surface area contributed by atoms with Crippen molar-refractivity contribution < 1.29 is 18.7 Å². The van der Waals surface area contributed by atoms with Crippen LogP contribution in [-0.2, 0) is 10.7 Å². The Labute approximate surface area is 140 Å². The number of amides is 1. The molecule has 24 heavy (non-hydrogen) atoms. The number of aliphatic hydroxyl groups is 1. The first-order chi connectivity index (χ1) is 11.2. The van der Waals surface area contributed by atoms with Gasteiger partial charge in [-0.1, -0.05) is 18.7 Å². The number of carbonyl (C=O) groups is 1. The van der Waals surface area contributed by atoms with Crippen molar-refractivity contribution in [2.75, 3.05) is 25.5 Å². The molecule has 1 amide bonds. The van der Waals surface area contributed by atoms with E-state index in [9.17, 15) is 18.7 Å². The highest BCUT2D eigenvalue weighted by molar-refractivity contribution is 5.87. The van der Waals surface area contributed by atoms with Crippen LogP contribution in [0.5, 0.6) is 0 Å². The van der Waals surface area contributed by atoms with E-state index in [1.165, 1.54) is 31.3 Å². The number of carbonyl (C=O) groups excluding carboxylic acids is 1. The Morgan fingerprint density at radius 2 is 2.25 bits per heavy atom. The fourth-order valence-electron chi connectivity index (χ4n) is 2.87. The number of nitrogens with zero attached hydrogens (tertiary/aromatic N) is 1. The molecule has 132 valence electrons. The topological polar surface area (TPSA) is 64.6 Å². The van der Waals surface area contributed by atoms with E-state index in [0.29, 0.717) is 25.2 Å². The molecular formula is C17H23F2N3O2. The normalized spacial score (nSPS) is 22.3. The smallest absolute Gasteiger partial charge is 0.311 e. The molecule has 1 aromatic rings. The molecule has 0 spiro atoms. The second-order valence-corrected chi connectivity index (χ2v) is 6.29. The van der Waals surface area contributed by atoms with E-state index >= 15 is 0 Å². The average Bonchev–Trinajstić information content (AvgIpc) is 2.95. The highest BCUT2D eigenvalue weighted by atomic mass is 19.3. The minimum absolute atomic E-state index is 0.141. The first-order valence-electron chi connectivity index (χ1n) is 7.75. The van der Waals surface area contributed by atoms with Crippen molar-refractivity contribution in [1.82, 2.24) is 10.2 Å². The SMILES string of the molecule is C=CC(=O)N1CCC(C)(Nc2cccc(C(F)(F)C(O)NC)c2)C1. The van der Waals surface area contributed by atoms with Gasteiger partial charge in [-0.15, -0.1) is 0 Å². The Bertz CT molecular complexity index is 624. The van der Waals surface area contributed by atoms with Gasteiger partial charge in [0.1, 0.15) is 0 Å². The van der Waals surface area contributed by atoms with Gasteiger partial charge in [0.25, 0.3) is 0 Å². The molecule has 1 aliphatic rings. The molecule has 1 aliphatic heterocycles. The maximum Gasteiger partial charge on any atom is 0.311 e. The number of nitrogens with one attached hydrogen (secondary N) is 2. The first-order valence-corrected chi connectivity index (χ1v) is 7.75. The molecule has 5 nitrogen and oxygen atoms in total. The predicted molar refractivity (Wildman–Crippen MR) is 88.8 cm³/mol. The summed E-state index contributed by atoms with van der Waals surface area (Å²) >= 11 is 0. The van der Waals surface area contributed by atoms with Crippen LogP contribution in [-0.4, -0.2) is 47.8 Å². The van der Waals surface area contributed by atoms with Crippen LogP contribution in [0.15, 0.2) is 36.9 Å². The zero-order valence-corrected chi connectivity index (χ0v) is 13.9. The van der Waals surface area contributed by atoms with Gasteiger partial charge in [0, 0.05) is 24.3 Å². The number of likely N-dealkylation sites (N-methyl/N-ethyl adjacent to an activating group) is 1. The molecule has 0 bridgehead atoms. The standard InChI is InChI=1S/C17H23F2N3O2/c1-4-14(23)22-9-8-16(2,11-22)21-13-7-5-6-12(10-13)17(18,19)15(24)20-3/h4-7,10,15,20-21,24H,1,8-9,11H2,2-3H3. The van der Waals surface area contributed by atoms with E-state index in [2.05, 4.69) is 17.2 Å². The van der Waals surface area contributed by atoms with Gasteiger partial charge >= 0.3 is 5.92 Å². The summed E-state index contributed by atoms with van der Waals surface area (Å²) in [5.41, 5.74) is -0.172. The maximum atomic E-state index is 14.1. The molecule has 1 aromatic carbocycles. The maximum absolute atomic E-state index is 14.1. The quantitative estimate of drug-likeness (QED) is 0.547. The molecule has 1 fully saturated rings. The van der Waals surface area contributed by atoms with Crippen LogP contribution in [0.25, 0.3) is 0 Å². The predicted octanol–water partition coefficient (Wildman–Crippen LogP) is 1.91. The third-order valence-corrected chi connectivity index (χ3v) is 4.27. The van der Waals surface area contributed by atoms with Crippen LogP contribution in [0.4, 0.5) is 14.5 Å². The van der Waals surface area contributed by atoms with Gasteiger partial charge in [0.05, 0.1) is 5.54 Å². The molecule has 3 N–H and O–H groups in total. The summed E-state index contributed by atoms with van der Waals surface area (Å²) in [5.74, 6) is -3.55. The van der Waals surface area contributed by atoms with Crippen molar-refractivity contribution >= 4 is 11.6 Å². The third-order valence-electron chi connectivity index (χ3n) is 4.27. The monoisotopic (exact) mass is 339 g/mol. The van der Waals surface area contributed by atoms with Crippen molar-refractivity contribution in [2.24, 2.45) is 0 Å². The Hall–Kier alpha value is -1.99. The number of anilines is 1. The Morgan fingerprint density at radius 3 is 2.88 bits per heavy atom. The molecule has 0 aliphatic carbocycles. The largest absolute Gasteiger partial charge is 0.378 e. The van der Waals surface area contributed by atoms with Crippen molar-refractivity contribution in [3.8, 4) is 0 Å². The van der Waals surface area contributed by atoms with Gasteiger partial charge in [-0.3, -0.25) is 10.1 Å². The van der Waals surface area contributed by atoms with Gasteiger partial charge in [0.15, 0.2) is 6.23 Å². The Morgan fingerprint density at radius 1 is 1.54 bits per heavy atom. The molecule has 2 rings (SSSR count). The van der Waals surface area contributed by atoms with Crippen LogP contribution in [0.2, 0.25) is 0 Å². The van der Waals surface area contributed by atoms with Gasteiger partial charge in [0.2, 0.25) is 5.91 Å². The van der Waals surface area contributed by atoms with Crippen molar-refractivity contribution in [2.45, 2.75) is 31.0 Å². The fourth-order valence-corrected chi connectivity index (χ4v) is 2.87. The highest BCUT2D eigenvalue weighted by Gasteiger charge is 2.40. The summed E-state index contributed by atoms with van der Waals surface area (Å²) < 4.78 is 28.3. The van der Waals surface area contributed by atoms with E-state index < -0.39 is 17.7 Å². The lowest BCUT2D eigenvalue weighted by atomic mass is 10.00. The number of alkyl halides is 2. The first kappa shape index (κ1) is 18.4. The van der Waals surface area contributed by atoms with Crippen LogP contribution in [0.1, 0.15) is 18.9 Å². The summed E-state index contributed by atoms with van der Waals surface area (Å²) in [6.07, 6.45) is 0.00815. The van der Waals surface area contributed by atoms with E-state index in [4.69, 9.17) is 0 Å². The minimum Gasteiger partial charge on any atom is -0.378 e. The van der Waals surface area contributed by atoms with Crippen LogP contribution in [0.3, 0.4) is 0 Å². The van der Waals surface area contributed by atoms with E-state index in [-0.39, 0.29) is 11.5 Å². The average molecular weight is 339 g/mol. The molecule has 1 heterocycles. The van der Waals surface area contributed by atoms with Gasteiger partial charge in [-0.25, -0.2) is 0 Å². The zero-order chi connectivity index (χ0) is 18.0. The van der Waals surface area contributed by atoms with Crippen LogP contribution < -0.4 is 10.6 Å². The summed E-state index contributed by atoms with van der Waals surface area (Å²) in [7, 11) is 1.27. The molecule has 7 heteroatoms. The minimum atomic E-state index is -3.41. The van der Waals surface area contributed by atoms with E-state index in [1.807, 2.05) is 6.92 Å². The van der Waals surface area contributed by atoms with Gasteiger partial charge < -0.3 is 15.3 Å². The fraction of sp³-hybridized carbons (Fsp3) is 0.471. The number of aliphatic hydroxyl groups excluding tert-OH is 1. The van der Waals surface area contributed by atoms with Gasteiger partial charge in [-0.05, 0) is 38.6 Å². The Balaban J connectivity index is 2.15. The number of hydrogen-bond acceptors (Lipinski definition) is 4. The summed E-state index contributed by atoms with van der Waals surface area (Å²) in [5, 5.41) is 14.8. The van der Waals surface area contributed by atoms with E-state index in [0.717, 1.165) is 0 Å². The lowest BCUT2D eigenvalue weighted by molar-refractivity contribution is -0.126. The molecule has 0 aromatic heterocycles. The second-order valence-electron chi connectivity index (χ2n) is 6.29. The second kappa shape index (κ2) is 6.86. The van der Waals surface area contributed by atoms with Crippen LogP contribution in [0, 0.1) is 0 Å². The molecule has 1 saturated heterocycles. The third kappa shape index (κ3) is 3.73. The van der Waals surface area contributed by atoms with Crippen LogP contribution >= 0.6 is 0 Å². The number of likely N-dealkylation sites (tertiary alicyclic amines) is 1. The zero-order valence-electron chi connectivity index (χ0n) is 13.9. The van der Waals surface area contributed by atoms with Crippen molar-refractivity contribution in [3.05, 3.63) is 42.5 Å². The van der Waals surface area contributed by atoms with Crippen molar-refractivity contribution in [1.29, 1.82) is 0 Å². The number of halogens is 2. The molecule has 0 saturated carbocycles. The lowest BCUT2D eigenvalue weighted by Gasteiger charge is -2.28. The number of rotatable bonds is 6. The molecule has 2 unspecified atom stereocenters. The summed E-state index contributed by atoms with van der Waals surface area (Å²) in [6, 6.07) is 5.80. The highest BCUT2D eigenvalue weighted by Crippen LogP contribution is 2.33. The van der Waals surface area contributed by atoms with E-state index in [1.54, 1.807) is 11.0 Å². The number of benzene rings is 1. The lowest BCUT2D eigenvalue weighted by Crippen LogP contribution is -2.41.